The van der Waals surface area contributed by atoms with Gasteiger partial charge in [0, 0.05) is 11.4 Å². The number of carbonyl (C=O) groups is 3. The van der Waals surface area contributed by atoms with Gasteiger partial charge in [0.15, 0.2) is 18.1 Å². The average molecular weight is 456 g/mol. The molecule has 0 bridgehead atoms. The monoisotopic (exact) mass is 455 g/mol. The van der Waals surface area contributed by atoms with Crippen molar-refractivity contribution in [1.29, 1.82) is 0 Å². The zero-order chi connectivity index (χ0) is 23.4. The van der Waals surface area contributed by atoms with Crippen LogP contribution in [-0.4, -0.2) is 39.3 Å². The van der Waals surface area contributed by atoms with E-state index in [-0.39, 0.29) is 10.7 Å². The quantitative estimate of drug-likeness (QED) is 0.567. The van der Waals surface area contributed by atoms with E-state index in [4.69, 9.17) is 16.3 Å². The Balaban J connectivity index is 1.59. The Bertz CT molecular complexity index is 1210. The molecule has 0 spiro atoms. The van der Waals surface area contributed by atoms with Gasteiger partial charge >= 0.3 is 12.0 Å². The topological polar surface area (TPSA) is 115 Å². The summed E-state index contributed by atoms with van der Waals surface area (Å²) in [5.74, 6) is -1.32. The summed E-state index contributed by atoms with van der Waals surface area (Å²) in [6.07, 6.45) is 0. The summed E-state index contributed by atoms with van der Waals surface area (Å²) in [6, 6.07) is 9.58. The number of esters is 1. The molecule has 9 nitrogen and oxygen atoms in total. The van der Waals surface area contributed by atoms with Crippen molar-refractivity contribution in [2.75, 3.05) is 11.9 Å². The van der Waals surface area contributed by atoms with Gasteiger partial charge in [-0.1, -0.05) is 17.7 Å². The minimum Gasteiger partial charge on any atom is -0.451 e. The molecule has 0 unspecified atom stereocenters. The van der Waals surface area contributed by atoms with Crippen molar-refractivity contribution in [3.8, 4) is 5.82 Å². The maximum Gasteiger partial charge on any atom is 0.359 e. The fraction of sp³-hybridized carbons (Fsp3) is 0.227. The fourth-order valence-electron chi connectivity index (χ4n) is 2.90. The summed E-state index contributed by atoms with van der Waals surface area (Å²) < 4.78 is 6.54. The van der Waals surface area contributed by atoms with Crippen LogP contribution in [0.25, 0.3) is 5.82 Å². The van der Waals surface area contributed by atoms with Gasteiger partial charge in [0.05, 0.1) is 10.7 Å². The van der Waals surface area contributed by atoms with Crippen LogP contribution in [0.5, 0.6) is 0 Å². The van der Waals surface area contributed by atoms with Gasteiger partial charge in [0.25, 0.3) is 5.91 Å². The molecule has 10 heteroatoms. The molecule has 1 aromatic carbocycles. The minimum atomic E-state index is -0.900. The smallest absolute Gasteiger partial charge is 0.359 e. The maximum absolute atomic E-state index is 12.4. The Morgan fingerprint density at radius 3 is 2.44 bits per heavy atom. The van der Waals surface area contributed by atoms with Crippen LogP contribution >= 0.6 is 11.6 Å². The molecule has 32 heavy (non-hydrogen) atoms. The van der Waals surface area contributed by atoms with Crippen molar-refractivity contribution < 1.29 is 19.1 Å². The molecule has 2 heterocycles. The fourth-order valence-corrected chi connectivity index (χ4v) is 3.08. The molecule has 0 saturated carbocycles. The minimum absolute atomic E-state index is 0.0631. The lowest BCUT2D eigenvalue weighted by Crippen LogP contribution is -2.37. The first-order valence-electron chi connectivity index (χ1n) is 9.69. The van der Waals surface area contributed by atoms with Crippen LogP contribution in [-0.2, 0) is 9.53 Å². The SMILES string of the molecule is Cc1cc(C)n(-c2ccc(Cl)c(C(=O)OCC(=O)NC(=O)Nc3ccc(C)c(C)c3)n2)n1. The number of aryl methyl sites for hydroxylation is 4. The highest BCUT2D eigenvalue weighted by Gasteiger charge is 2.18. The largest absolute Gasteiger partial charge is 0.451 e. The van der Waals surface area contributed by atoms with Crippen molar-refractivity contribution in [3.05, 3.63) is 69.6 Å². The number of carbonyl (C=O) groups excluding carboxylic acids is 3. The van der Waals surface area contributed by atoms with Crippen LogP contribution in [0.3, 0.4) is 0 Å². The highest BCUT2D eigenvalue weighted by atomic mass is 35.5. The first-order chi connectivity index (χ1) is 15.1. The van der Waals surface area contributed by atoms with Gasteiger partial charge in [-0.2, -0.15) is 5.10 Å². The predicted octanol–water partition coefficient (Wildman–Crippen LogP) is 3.66. The van der Waals surface area contributed by atoms with Crippen LogP contribution < -0.4 is 10.6 Å². The Kier molecular flexibility index (Phi) is 6.89. The van der Waals surface area contributed by atoms with E-state index in [9.17, 15) is 14.4 Å². The zero-order valence-corrected chi connectivity index (χ0v) is 18.8. The number of nitrogens with one attached hydrogen (secondary N) is 2. The summed E-state index contributed by atoms with van der Waals surface area (Å²) in [6.45, 7) is 6.86. The Morgan fingerprint density at radius 1 is 1.03 bits per heavy atom. The second kappa shape index (κ2) is 9.61. The lowest BCUT2D eigenvalue weighted by atomic mass is 10.1. The standard InChI is InChI=1S/C22H22ClN5O4/c1-12-5-6-16(9-13(12)2)24-22(31)26-19(29)11-32-21(30)20-17(23)7-8-18(25-20)28-15(4)10-14(3)27-28/h5-10H,11H2,1-4H3,(H2,24,26,29,31). The van der Waals surface area contributed by atoms with Gasteiger partial charge in [0.2, 0.25) is 0 Å². The van der Waals surface area contributed by atoms with Gasteiger partial charge in [-0.15, -0.1) is 0 Å². The molecule has 0 aliphatic carbocycles. The number of hydrogen-bond donors (Lipinski definition) is 2. The second-order valence-corrected chi connectivity index (χ2v) is 7.62. The number of aromatic nitrogens is 3. The number of amides is 3. The van der Waals surface area contributed by atoms with Crippen molar-refractivity contribution in [3.63, 3.8) is 0 Å². The third-order valence-corrected chi connectivity index (χ3v) is 4.91. The third-order valence-electron chi connectivity index (χ3n) is 4.60. The number of imide groups is 1. The summed E-state index contributed by atoms with van der Waals surface area (Å²) >= 11 is 6.08. The normalized spacial score (nSPS) is 10.5. The number of pyridine rings is 1. The Hall–Kier alpha value is -3.72. The molecular weight excluding hydrogens is 434 g/mol. The summed E-state index contributed by atoms with van der Waals surface area (Å²) in [7, 11) is 0. The molecule has 0 aliphatic heterocycles. The molecule has 0 fully saturated rings. The van der Waals surface area contributed by atoms with E-state index in [2.05, 4.69) is 20.7 Å². The second-order valence-electron chi connectivity index (χ2n) is 7.22. The van der Waals surface area contributed by atoms with Crippen LogP contribution in [0.2, 0.25) is 5.02 Å². The molecule has 2 aromatic heterocycles. The summed E-state index contributed by atoms with van der Waals surface area (Å²) in [4.78, 5) is 40.6. The highest BCUT2D eigenvalue weighted by molar-refractivity contribution is 6.33. The number of rotatable bonds is 5. The molecular formula is C22H22ClN5O4. The lowest BCUT2D eigenvalue weighted by Gasteiger charge is -2.10. The lowest BCUT2D eigenvalue weighted by molar-refractivity contribution is -0.123. The zero-order valence-electron chi connectivity index (χ0n) is 18.0. The molecule has 0 radical (unpaired) electrons. The van der Waals surface area contributed by atoms with Crippen LogP contribution in [0.15, 0.2) is 36.4 Å². The number of hydrogen-bond acceptors (Lipinski definition) is 6. The average Bonchev–Trinajstić information content (AvgIpc) is 3.07. The van der Waals surface area contributed by atoms with Gasteiger partial charge < -0.3 is 10.1 Å². The molecule has 3 amide bonds. The number of ether oxygens (including phenoxy) is 1. The van der Waals surface area contributed by atoms with E-state index in [1.54, 1.807) is 22.9 Å². The third kappa shape index (κ3) is 5.50. The number of benzene rings is 1. The number of nitrogens with zero attached hydrogens (tertiary/aromatic N) is 3. The van der Waals surface area contributed by atoms with Crippen molar-refractivity contribution >= 4 is 35.2 Å². The number of halogens is 1. The predicted molar refractivity (Wildman–Crippen MR) is 119 cm³/mol. The summed E-state index contributed by atoms with van der Waals surface area (Å²) in [5.41, 5.74) is 4.06. The Morgan fingerprint density at radius 2 is 1.78 bits per heavy atom. The molecule has 0 atom stereocenters. The van der Waals surface area contributed by atoms with Crippen LogP contribution in [0, 0.1) is 27.7 Å². The van der Waals surface area contributed by atoms with E-state index in [0.717, 1.165) is 22.5 Å². The van der Waals surface area contributed by atoms with E-state index in [1.165, 1.54) is 6.07 Å². The van der Waals surface area contributed by atoms with E-state index >= 15 is 0 Å². The summed E-state index contributed by atoms with van der Waals surface area (Å²) in [5, 5.41) is 9.02. The van der Waals surface area contributed by atoms with Crippen LogP contribution in [0.4, 0.5) is 10.5 Å². The van der Waals surface area contributed by atoms with Crippen molar-refractivity contribution in [2.24, 2.45) is 0 Å². The van der Waals surface area contributed by atoms with Crippen LogP contribution in [0.1, 0.15) is 33.0 Å². The van der Waals surface area contributed by atoms with Crippen molar-refractivity contribution in [1.82, 2.24) is 20.1 Å². The first kappa shape index (κ1) is 23.0. The highest BCUT2D eigenvalue weighted by Crippen LogP contribution is 2.18. The van der Waals surface area contributed by atoms with Gasteiger partial charge in [-0.25, -0.2) is 19.3 Å². The van der Waals surface area contributed by atoms with Gasteiger partial charge in [0.1, 0.15) is 0 Å². The van der Waals surface area contributed by atoms with E-state index in [1.807, 2.05) is 39.8 Å². The van der Waals surface area contributed by atoms with E-state index < -0.39 is 24.5 Å². The van der Waals surface area contributed by atoms with Gasteiger partial charge in [-0.3, -0.25) is 10.1 Å². The molecule has 0 saturated heterocycles. The molecule has 166 valence electrons. The molecule has 3 rings (SSSR count). The van der Waals surface area contributed by atoms with Gasteiger partial charge in [-0.05, 0) is 69.2 Å². The maximum atomic E-state index is 12.4. The first-order valence-corrected chi connectivity index (χ1v) is 10.1. The molecule has 3 aromatic rings. The van der Waals surface area contributed by atoms with E-state index in [0.29, 0.717) is 11.5 Å². The Labute approximate surface area is 189 Å². The molecule has 2 N–H and O–H groups in total. The van der Waals surface area contributed by atoms with Crippen molar-refractivity contribution in [2.45, 2.75) is 27.7 Å². The number of anilines is 1. The molecule has 0 aliphatic rings. The number of urea groups is 1.